The molecule has 0 saturated carbocycles. The Kier molecular flexibility index (Phi) is 6.42. The molecule has 9 nitrogen and oxygen atoms in total. The maximum Gasteiger partial charge on any atom is 0.271 e. The molecule has 140 valence electrons. The van der Waals surface area contributed by atoms with Crippen molar-refractivity contribution >= 4 is 41.3 Å². The lowest BCUT2D eigenvalue weighted by molar-refractivity contribution is 0.0925. The largest absolute Gasteiger partial charge is 0.398 e. The van der Waals surface area contributed by atoms with Crippen molar-refractivity contribution in [2.75, 3.05) is 29.9 Å². The Morgan fingerprint density at radius 1 is 1.12 bits per heavy atom. The number of amides is 2. The molecule has 2 amide bonds. The molecule has 0 bridgehead atoms. The third-order valence-corrected chi connectivity index (χ3v) is 4.14. The van der Waals surface area contributed by atoms with Crippen molar-refractivity contribution in [2.24, 2.45) is 0 Å². The molecule has 1 aromatic carbocycles. The van der Waals surface area contributed by atoms with Crippen LogP contribution in [0, 0.1) is 0 Å². The highest BCUT2D eigenvalue weighted by molar-refractivity contribution is 6.13. The molecule has 0 spiro atoms. The molecule has 1 aliphatic heterocycles. The van der Waals surface area contributed by atoms with Crippen LogP contribution in [0.15, 0.2) is 24.4 Å². The quantitative estimate of drug-likeness (QED) is 0.431. The van der Waals surface area contributed by atoms with Gasteiger partial charge in [0.15, 0.2) is 0 Å². The number of aromatic nitrogens is 2. The average Bonchev–Trinajstić information content (AvgIpc) is 3.04. The summed E-state index contributed by atoms with van der Waals surface area (Å²) in [5.41, 5.74) is 12.8. The lowest BCUT2D eigenvalue weighted by atomic mass is 10.1. The van der Waals surface area contributed by atoms with Crippen LogP contribution in [0.25, 0.3) is 0 Å². The van der Waals surface area contributed by atoms with E-state index in [2.05, 4.69) is 26.1 Å². The van der Waals surface area contributed by atoms with Gasteiger partial charge in [-0.25, -0.2) is 0 Å². The van der Waals surface area contributed by atoms with Crippen molar-refractivity contribution in [1.82, 2.24) is 20.8 Å². The molecule has 0 radical (unpaired) electrons. The van der Waals surface area contributed by atoms with Gasteiger partial charge in [0.2, 0.25) is 0 Å². The number of anilines is 3. The minimum Gasteiger partial charge on any atom is -0.398 e. The first-order chi connectivity index (χ1) is 12.1. The zero-order chi connectivity index (χ0) is 17.8. The summed E-state index contributed by atoms with van der Waals surface area (Å²) in [4.78, 5) is 24.9. The van der Waals surface area contributed by atoms with Crippen molar-refractivity contribution in [3.8, 4) is 0 Å². The molecule has 1 saturated heterocycles. The summed E-state index contributed by atoms with van der Waals surface area (Å²) >= 11 is 0. The number of nitrogens with zero attached hydrogens (tertiary/aromatic N) is 1. The van der Waals surface area contributed by atoms with Crippen LogP contribution in [0.1, 0.15) is 33.7 Å². The van der Waals surface area contributed by atoms with Gasteiger partial charge in [0, 0.05) is 17.4 Å². The Morgan fingerprint density at radius 2 is 1.77 bits per heavy atom. The molecule has 26 heavy (non-hydrogen) atoms. The van der Waals surface area contributed by atoms with Crippen molar-refractivity contribution in [3.63, 3.8) is 0 Å². The molecule has 8 N–H and O–H groups in total. The summed E-state index contributed by atoms with van der Waals surface area (Å²) in [5, 5.41) is 15.3. The van der Waals surface area contributed by atoms with E-state index < -0.39 is 5.91 Å². The van der Waals surface area contributed by atoms with E-state index in [1.807, 2.05) is 0 Å². The average molecular weight is 380 g/mol. The first kappa shape index (κ1) is 19.5. The topological polar surface area (TPSA) is 151 Å². The Balaban J connectivity index is 0.00000243. The van der Waals surface area contributed by atoms with Crippen LogP contribution in [-0.4, -0.2) is 41.1 Å². The highest BCUT2D eigenvalue weighted by Gasteiger charge is 2.22. The molecule has 1 aliphatic rings. The van der Waals surface area contributed by atoms with Gasteiger partial charge >= 0.3 is 0 Å². The van der Waals surface area contributed by atoms with Crippen LogP contribution in [0.2, 0.25) is 0 Å². The fraction of sp³-hybridized carbons (Fsp3) is 0.312. The Hall–Kier alpha value is -2.78. The van der Waals surface area contributed by atoms with Gasteiger partial charge < -0.3 is 27.4 Å². The molecular weight excluding hydrogens is 358 g/mol. The second-order valence-corrected chi connectivity index (χ2v) is 5.92. The maximum absolute atomic E-state index is 12.5. The number of nitrogen functional groups attached to an aromatic ring is 2. The van der Waals surface area contributed by atoms with Gasteiger partial charge in [-0.05, 0) is 38.1 Å². The minimum absolute atomic E-state index is 0. The highest BCUT2D eigenvalue weighted by Crippen LogP contribution is 2.21. The van der Waals surface area contributed by atoms with Crippen LogP contribution in [0.4, 0.5) is 17.1 Å². The molecule has 1 aromatic heterocycles. The molecule has 3 rings (SSSR count). The van der Waals surface area contributed by atoms with Crippen molar-refractivity contribution < 1.29 is 9.59 Å². The highest BCUT2D eigenvalue weighted by atomic mass is 35.5. The van der Waals surface area contributed by atoms with Crippen molar-refractivity contribution in [2.45, 2.75) is 18.9 Å². The Morgan fingerprint density at radius 3 is 2.42 bits per heavy atom. The fourth-order valence-electron chi connectivity index (χ4n) is 2.81. The number of piperidine rings is 1. The number of nitrogens with two attached hydrogens (primary N) is 2. The van der Waals surface area contributed by atoms with E-state index in [0.29, 0.717) is 0 Å². The number of rotatable bonds is 4. The monoisotopic (exact) mass is 379 g/mol. The van der Waals surface area contributed by atoms with E-state index >= 15 is 0 Å². The smallest absolute Gasteiger partial charge is 0.271 e. The van der Waals surface area contributed by atoms with Crippen molar-refractivity contribution in [3.05, 3.63) is 35.7 Å². The first-order valence-electron chi connectivity index (χ1n) is 8.06. The lowest BCUT2D eigenvalue weighted by Crippen LogP contribution is -2.43. The summed E-state index contributed by atoms with van der Waals surface area (Å²) < 4.78 is 0. The second-order valence-electron chi connectivity index (χ2n) is 5.92. The summed E-state index contributed by atoms with van der Waals surface area (Å²) in [6.07, 6.45) is 3.10. The number of aromatic amines is 1. The second kappa shape index (κ2) is 8.54. The van der Waals surface area contributed by atoms with Gasteiger partial charge in [-0.1, -0.05) is 6.07 Å². The molecule has 2 heterocycles. The molecule has 0 unspecified atom stereocenters. The van der Waals surface area contributed by atoms with E-state index in [0.717, 1.165) is 25.9 Å². The molecule has 0 aliphatic carbocycles. The summed E-state index contributed by atoms with van der Waals surface area (Å²) in [6, 6.07) is 4.94. The van der Waals surface area contributed by atoms with Crippen LogP contribution in [0.3, 0.4) is 0 Å². The number of benzene rings is 1. The van der Waals surface area contributed by atoms with E-state index in [1.54, 1.807) is 18.2 Å². The summed E-state index contributed by atoms with van der Waals surface area (Å²) in [6.45, 7) is 1.73. The van der Waals surface area contributed by atoms with Crippen LogP contribution >= 0.6 is 12.4 Å². The normalized spacial score (nSPS) is 14.3. The van der Waals surface area contributed by atoms with Gasteiger partial charge in [0.25, 0.3) is 11.8 Å². The van der Waals surface area contributed by atoms with E-state index in [4.69, 9.17) is 11.5 Å². The number of carbonyl (C=O) groups is 2. The Labute approximate surface area is 156 Å². The standard InChI is InChI=1S/C16H21N7O2.ClH/c17-10-2-1-3-11(18)13(10)15(24)22-12-8-20-23-14(12)16(25)21-9-4-6-19-7-5-9;/h1-3,8-9,19H,4-7,17-18H2,(H,20,23)(H,21,25)(H,22,24);1H. The predicted octanol–water partition coefficient (Wildman–Crippen LogP) is 0.730. The summed E-state index contributed by atoms with van der Waals surface area (Å²) in [7, 11) is 0. The van der Waals surface area contributed by atoms with Gasteiger partial charge in [-0.2, -0.15) is 5.10 Å². The van der Waals surface area contributed by atoms with E-state index in [9.17, 15) is 9.59 Å². The van der Waals surface area contributed by atoms with Crippen LogP contribution in [-0.2, 0) is 0 Å². The summed E-state index contributed by atoms with van der Waals surface area (Å²) in [5.74, 6) is -0.804. The molecule has 1 fully saturated rings. The number of carbonyl (C=O) groups excluding carboxylic acids is 2. The van der Waals surface area contributed by atoms with Crippen LogP contribution in [0.5, 0.6) is 0 Å². The molecular formula is C16H22ClN7O2. The van der Waals surface area contributed by atoms with E-state index in [-0.39, 0.29) is 52.7 Å². The number of hydrogen-bond acceptors (Lipinski definition) is 6. The van der Waals surface area contributed by atoms with Gasteiger partial charge in [0.1, 0.15) is 5.69 Å². The number of halogens is 1. The molecule has 2 aromatic rings. The Bertz CT molecular complexity index is 766. The molecule has 0 atom stereocenters. The first-order valence-corrected chi connectivity index (χ1v) is 8.06. The van der Waals surface area contributed by atoms with E-state index in [1.165, 1.54) is 6.20 Å². The fourth-order valence-corrected chi connectivity index (χ4v) is 2.81. The van der Waals surface area contributed by atoms with Crippen molar-refractivity contribution in [1.29, 1.82) is 0 Å². The zero-order valence-corrected chi connectivity index (χ0v) is 14.9. The lowest BCUT2D eigenvalue weighted by Gasteiger charge is -2.23. The minimum atomic E-state index is -0.493. The number of nitrogens with one attached hydrogen (secondary N) is 4. The maximum atomic E-state index is 12.5. The third kappa shape index (κ3) is 4.24. The SMILES string of the molecule is Cl.Nc1cccc(N)c1C(=O)Nc1cn[nH]c1C(=O)NC1CCNCC1. The van der Waals surface area contributed by atoms with Gasteiger partial charge in [-0.3, -0.25) is 14.7 Å². The number of H-pyrrole nitrogens is 1. The third-order valence-electron chi connectivity index (χ3n) is 4.14. The number of hydrogen-bond donors (Lipinski definition) is 6. The van der Waals surface area contributed by atoms with Gasteiger partial charge in [0.05, 0.1) is 17.4 Å². The molecule has 10 heteroatoms. The zero-order valence-electron chi connectivity index (χ0n) is 14.0. The van der Waals surface area contributed by atoms with Crippen LogP contribution < -0.4 is 27.4 Å². The predicted molar refractivity (Wildman–Crippen MR) is 102 cm³/mol. The van der Waals surface area contributed by atoms with Gasteiger partial charge in [-0.15, -0.1) is 12.4 Å².